The van der Waals surface area contributed by atoms with Crippen LogP contribution in [0.4, 0.5) is 0 Å². The predicted molar refractivity (Wildman–Crippen MR) is 88.1 cm³/mol. The van der Waals surface area contributed by atoms with Crippen molar-refractivity contribution in [3.8, 4) is 0 Å². The van der Waals surface area contributed by atoms with Crippen molar-refractivity contribution in [3.05, 3.63) is 47.6 Å². The summed E-state index contributed by atoms with van der Waals surface area (Å²) in [6.45, 7) is 3.07. The molecular weight excluding hydrogens is 306 g/mol. The van der Waals surface area contributed by atoms with Gasteiger partial charge in [-0.15, -0.1) is 0 Å². The maximum atomic E-state index is 12.1. The van der Waals surface area contributed by atoms with E-state index in [2.05, 4.69) is 15.5 Å². The Kier molecular flexibility index (Phi) is 5.25. The molecule has 1 aliphatic carbocycles. The second-order valence-electron chi connectivity index (χ2n) is 6.09. The molecule has 0 saturated heterocycles. The van der Waals surface area contributed by atoms with Gasteiger partial charge in [0.15, 0.2) is 5.82 Å². The van der Waals surface area contributed by atoms with Crippen molar-refractivity contribution in [2.45, 2.75) is 51.2 Å². The van der Waals surface area contributed by atoms with Crippen molar-refractivity contribution >= 4 is 5.91 Å². The molecule has 1 N–H and O–H groups in total. The second-order valence-corrected chi connectivity index (χ2v) is 6.09. The largest absolute Gasteiger partial charge is 0.365 e. The van der Waals surface area contributed by atoms with Gasteiger partial charge >= 0.3 is 0 Å². The average molecular weight is 329 g/mol. The number of rotatable bonds is 7. The zero-order valence-corrected chi connectivity index (χ0v) is 14.0. The number of amides is 1. The van der Waals surface area contributed by atoms with Crippen molar-refractivity contribution in [3.63, 3.8) is 0 Å². The molecule has 24 heavy (non-hydrogen) atoms. The minimum absolute atomic E-state index is 0.110. The van der Waals surface area contributed by atoms with Gasteiger partial charge in [-0.05, 0) is 38.2 Å². The minimum atomic E-state index is -0.458. The summed E-state index contributed by atoms with van der Waals surface area (Å²) < 4.78 is 11.3. The number of ether oxygens (including phenoxy) is 1. The molecule has 1 aromatic carbocycles. The molecule has 1 fully saturated rings. The smallest absolute Gasteiger partial charge is 0.258 e. The first-order valence-electron chi connectivity index (χ1n) is 8.49. The Hall–Kier alpha value is -2.21. The lowest BCUT2D eigenvalue weighted by Gasteiger charge is -2.24. The Balaban J connectivity index is 1.58. The minimum Gasteiger partial charge on any atom is -0.365 e. The van der Waals surface area contributed by atoms with E-state index in [-0.39, 0.29) is 12.3 Å². The summed E-state index contributed by atoms with van der Waals surface area (Å²) in [5, 5.41) is 6.83. The lowest BCUT2D eigenvalue weighted by atomic mass is 10.0. The van der Waals surface area contributed by atoms with Gasteiger partial charge in [0.1, 0.15) is 5.60 Å². The second kappa shape index (κ2) is 7.57. The van der Waals surface area contributed by atoms with Crippen LogP contribution in [0.3, 0.4) is 0 Å². The molecule has 128 valence electrons. The van der Waals surface area contributed by atoms with Crippen LogP contribution in [0.25, 0.3) is 0 Å². The molecule has 1 saturated carbocycles. The Morgan fingerprint density at radius 1 is 1.29 bits per heavy atom. The normalized spacial score (nSPS) is 16.2. The van der Waals surface area contributed by atoms with Crippen LogP contribution in [-0.4, -0.2) is 22.7 Å². The first-order valence-corrected chi connectivity index (χ1v) is 8.49. The molecule has 1 aliphatic rings. The molecule has 0 unspecified atom stereocenters. The van der Waals surface area contributed by atoms with Gasteiger partial charge in [0.05, 0.1) is 6.42 Å². The molecular formula is C18H23N3O3. The van der Waals surface area contributed by atoms with Crippen LogP contribution in [0.2, 0.25) is 0 Å². The maximum absolute atomic E-state index is 12.1. The van der Waals surface area contributed by atoms with Crippen LogP contribution >= 0.6 is 0 Å². The highest BCUT2D eigenvalue weighted by Gasteiger charge is 2.41. The van der Waals surface area contributed by atoms with E-state index in [0.717, 1.165) is 31.2 Å². The molecule has 3 rings (SSSR count). The number of carbonyl (C=O) groups is 1. The van der Waals surface area contributed by atoms with Crippen molar-refractivity contribution in [1.82, 2.24) is 15.5 Å². The number of nitrogens with zero attached hydrogens (tertiary/aromatic N) is 2. The van der Waals surface area contributed by atoms with Gasteiger partial charge in [-0.3, -0.25) is 4.79 Å². The summed E-state index contributed by atoms with van der Waals surface area (Å²) in [5.74, 6) is 0.789. The van der Waals surface area contributed by atoms with E-state index in [4.69, 9.17) is 9.26 Å². The Morgan fingerprint density at radius 3 is 2.75 bits per heavy atom. The van der Waals surface area contributed by atoms with E-state index in [1.165, 1.54) is 0 Å². The highest BCUT2D eigenvalue weighted by molar-refractivity contribution is 5.77. The molecule has 0 spiro atoms. The molecule has 0 radical (unpaired) electrons. The maximum Gasteiger partial charge on any atom is 0.258 e. The van der Waals surface area contributed by atoms with E-state index >= 15 is 0 Å². The highest BCUT2D eigenvalue weighted by atomic mass is 16.5. The van der Waals surface area contributed by atoms with E-state index in [1.54, 1.807) is 0 Å². The number of carbonyl (C=O) groups excluding carboxylic acids is 1. The lowest BCUT2D eigenvalue weighted by molar-refractivity contribution is -0.120. The zero-order chi connectivity index (χ0) is 16.8. The van der Waals surface area contributed by atoms with Gasteiger partial charge in [0.25, 0.3) is 5.89 Å². The van der Waals surface area contributed by atoms with Crippen LogP contribution in [0.1, 0.15) is 49.9 Å². The molecule has 1 amide bonds. The highest BCUT2D eigenvalue weighted by Crippen LogP contribution is 2.41. The monoisotopic (exact) mass is 329 g/mol. The summed E-state index contributed by atoms with van der Waals surface area (Å²) in [6.07, 6.45) is 4.08. The van der Waals surface area contributed by atoms with Crippen molar-refractivity contribution in [2.75, 3.05) is 6.61 Å². The third kappa shape index (κ3) is 3.82. The van der Waals surface area contributed by atoms with Gasteiger partial charge in [-0.25, -0.2) is 0 Å². The van der Waals surface area contributed by atoms with Gasteiger partial charge in [0, 0.05) is 13.2 Å². The molecule has 0 atom stereocenters. The van der Waals surface area contributed by atoms with Crippen molar-refractivity contribution < 1.29 is 14.1 Å². The van der Waals surface area contributed by atoms with Gasteiger partial charge in [0.2, 0.25) is 5.91 Å². The summed E-state index contributed by atoms with van der Waals surface area (Å²) in [5.41, 5.74) is 0.599. The Labute approximate surface area is 141 Å². The van der Waals surface area contributed by atoms with E-state index < -0.39 is 5.60 Å². The standard InChI is InChI=1S/C18H23N3O3/c1-2-23-18(10-6-7-11-18)17-20-15(21-24-17)12-16(22)19-13-14-8-4-3-5-9-14/h3-5,8-9H,2,6-7,10-13H2,1H3,(H,19,22). The predicted octanol–water partition coefficient (Wildman–Crippen LogP) is 2.73. The van der Waals surface area contributed by atoms with Crippen LogP contribution in [0.5, 0.6) is 0 Å². The van der Waals surface area contributed by atoms with Crippen LogP contribution in [0.15, 0.2) is 34.9 Å². The Bertz CT molecular complexity index is 663. The number of nitrogens with one attached hydrogen (secondary N) is 1. The van der Waals surface area contributed by atoms with Crippen molar-refractivity contribution in [2.24, 2.45) is 0 Å². The quantitative estimate of drug-likeness (QED) is 0.845. The van der Waals surface area contributed by atoms with Gasteiger partial charge in [-0.2, -0.15) is 4.98 Å². The first kappa shape index (κ1) is 16.6. The molecule has 1 aromatic heterocycles. The van der Waals surface area contributed by atoms with Gasteiger partial charge in [-0.1, -0.05) is 35.5 Å². The fourth-order valence-electron chi connectivity index (χ4n) is 3.16. The van der Waals surface area contributed by atoms with E-state index in [0.29, 0.717) is 24.9 Å². The molecule has 6 nitrogen and oxygen atoms in total. The third-order valence-electron chi connectivity index (χ3n) is 4.34. The van der Waals surface area contributed by atoms with Crippen LogP contribution in [0, 0.1) is 0 Å². The average Bonchev–Trinajstić information content (AvgIpc) is 3.25. The number of hydrogen-bond donors (Lipinski definition) is 1. The molecule has 0 aliphatic heterocycles. The van der Waals surface area contributed by atoms with Crippen LogP contribution in [-0.2, 0) is 28.1 Å². The van der Waals surface area contributed by atoms with E-state index in [1.807, 2.05) is 37.3 Å². The molecule has 2 aromatic rings. The fourth-order valence-corrected chi connectivity index (χ4v) is 3.16. The molecule has 1 heterocycles. The summed E-state index contributed by atoms with van der Waals surface area (Å²) in [7, 11) is 0. The summed E-state index contributed by atoms with van der Waals surface area (Å²) in [4.78, 5) is 16.5. The van der Waals surface area contributed by atoms with Crippen molar-refractivity contribution in [1.29, 1.82) is 0 Å². The van der Waals surface area contributed by atoms with E-state index in [9.17, 15) is 4.79 Å². The first-order chi connectivity index (χ1) is 11.7. The zero-order valence-electron chi connectivity index (χ0n) is 14.0. The summed E-state index contributed by atoms with van der Waals surface area (Å²) >= 11 is 0. The van der Waals surface area contributed by atoms with Crippen LogP contribution < -0.4 is 5.32 Å². The SMILES string of the molecule is CCOC1(c2nc(CC(=O)NCc3ccccc3)no2)CCCC1. The fraction of sp³-hybridized carbons (Fsp3) is 0.500. The van der Waals surface area contributed by atoms with Gasteiger partial charge < -0.3 is 14.6 Å². The third-order valence-corrected chi connectivity index (χ3v) is 4.34. The summed E-state index contributed by atoms with van der Waals surface area (Å²) in [6, 6.07) is 9.78. The number of hydrogen-bond acceptors (Lipinski definition) is 5. The number of aromatic nitrogens is 2. The lowest BCUT2D eigenvalue weighted by Crippen LogP contribution is -2.27. The Morgan fingerprint density at radius 2 is 2.04 bits per heavy atom. The molecule has 0 bridgehead atoms. The topological polar surface area (TPSA) is 77.2 Å². The number of benzene rings is 1. The molecule has 6 heteroatoms.